The maximum atomic E-state index is 12.0. The van der Waals surface area contributed by atoms with E-state index in [1.807, 2.05) is 0 Å². The van der Waals surface area contributed by atoms with Crippen molar-refractivity contribution in [2.45, 2.75) is 62.5 Å². The molecule has 0 aromatic heterocycles. The van der Waals surface area contributed by atoms with Gasteiger partial charge in [0.25, 0.3) is 0 Å². The van der Waals surface area contributed by atoms with Gasteiger partial charge in [0.2, 0.25) is 5.91 Å². The van der Waals surface area contributed by atoms with Crippen molar-refractivity contribution in [2.75, 3.05) is 5.75 Å². The summed E-state index contributed by atoms with van der Waals surface area (Å²) >= 11 is 1.70. The predicted molar refractivity (Wildman–Crippen MR) is 87.5 cm³/mol. The Balaban J connectivity index is 1.70. The van der Waals surface area contributed by atoms with Crippen molar-refractivity contribution in [2.24, 2.45) is 0 Å². The van der Waals surface area contributed by atoms with Crippen LogP contribution in [0.1, 0.15) is 44.1 Å². The van der Waals surface area contributed by atoms with Crippen LogP contribution >= 0.6 is 11.8 Å². The van der Waals surface area contributed by atoms with Gasteiger partial charge < -0.3 is 10.4 Å². The summed E-state index contributed by atoms with van der Waals surface area (Å²) < 4.78 is 0. The SMILES string of the molecule is Cc1ccc(SCCC(=O)NC2CCCCCC2O)cc1. The summed E-state index contributed by atoms with van der Waals surface area (Å²) in [6.07, 6.45) is 5.16. The van der Waals surface area contributed by atoms with Gasteiger partial charge >= 0.3 is 0 Å². The summed E-state index contributed by atoms with van der Waals surface area (Å²) in [6, 6.07) is 8.30. The van der Waals surface area contributed by atoms with E-state index in [0.717, 1.165) is 37.9 Å². The molecule has 2 rings (SSSR count). The van der Waals surface area contributed by atoms with E-state index < -0.39 is 0 Å². The van der Waals surface area contributed by atoms with Crippen LogP contribution in [-0.2, 0) is 4.79 Å². The van der Waals surface area contributed by atoms with Crippen molar-refractivity contribution < 1.29 is 9.90 Å². The number of nitrogens with one attached hydrogen (secondary N) is 1. The molecule has 1 aromatic carbocycles. The smallest absolute Gasteiger partial charge is 0.221 e. The molecule has 2 N–H and O–H groups in total. The van der Waals surface area contributed by atoms with Crippen LogP contribution in [0.5, 0.6) is 0 Å². The number of benzene rings is 1. The molecule has 1 amide bonds. The summed E-state index contributed by atoms with van der Waals surface area (Å²) in [5, 5.41) is 13.0. The number of amides is 1. The van der Waals surface area contributed by atoms with Crippen LogP contribution in [0.3, 0.4) is 0 Å². The quantitative estimate of drug-likeness (QED) is 0.648. The lowest BCUT2D eigenvalue weighted by Crippen LogP contribution is -2.42. The fourth-order valence-electron chi connectivity index (χ4n) is 2.63. The van der Waals surface area contributed by atoms with Gasteiger partial charge in [0.15, 0.2) is 0 Å². The Bertz CT molecular complexity index is 447. The highest BCUT2D eigenvalue weighted by Gasteiger charge is 2.22. The van der Waals surface area contributed by atoms with Crippen LogP contribution in [0.2, 0.25) is 0 Å². The summed E-state index contributed by atoms with van der Waals surface area (Å²) in [4.78, 5) is 13.2. The van der Waals surface area contributed by atoms with Crippen LogP contribution in [-0.4, -0.2) is 28.9 Å². The number of aliphatic hydroxyl groups is 1. The van der Waals surface area contributed by atoms with Crippen LogP contribution in [0.4, 0.5) is 0 Å². The molecule has 21 heavy (non-hydrogen) atoms. The zero-order valence-corrected chi connectivity index (χ0v) is 13.5. The Labute approximate surface area is 131 Å². The minimum atomic E-state index is -0.374. The highest BCUT2D eigenvalue weighted by Crippen LogP contribution is 2.20. The summed E-state index contributed by atoms with van der Waals surface area (Å²) in [5.74, 6) is 0.832. The fourth-order valence-corrected chi connectivity index (χ4v) is 3.48. The third-order valence-electron chi connectivity index (χ3n) is 3.94. The molecule has 0 bridgehead atoms. The molecule has 0 heterocycles. The average molecular weight is 307 g/mol. The topological polar surface area (TPSA) is 49.3 Å². The van der Waals surface area contributed by atoms with Gasteiger partial charge in [-0.25, -0.2) is 0 Å². The molecule has 1 fully saturated rings. The molecular formula is C17H25NO2S. The lowest BCUT2D eigenvalue weighted by molar-refractivity contribution is -0.122. The Morgan fingerprint density at radius 1 is 1.24 bits per heavy atom. The first kappa shape index (κ1) is 16.4. The molecule has 0 radical (unpaired) electrons. The second kappa shape index (κ2) is 8.44. The number of hydrogen-bond donors (Lipinski definition) is 2. The molecule has 1 saturated carbocycles. The Morgan fingerprint density at radius 3 is 2.71 bits per heavy atom. The average Bonchev–Trinajstić information content (AvgIpc) is 2.66. The van der Waals surface area contributed by atoms with Gasteiger partial charge in [0.1, 0.15) is 0 Å². The second-order valence-electron chi connectivity index (χ2n) is 5.79. The first-order valence-electron chi connectivity index (χ1n) is 7.82. The number of carbonyl (C=O) groups excluding carboxylic acids is 1. The highest BCUT2D eigenvalue weighted by atomic mass is 32.2. The van der Waals surface area contributed by atoms with E-state index in [1.165, 1.54) is 10.5 Å². The largest absolute Gasteiger partial charge is 0.391 e. The number of aryl methyl sites for hydroxylation is 1. The number of thioether (sulfide) groups is 1. The van der Waals surface area contributed by atoms with Crippen LogP contribution in [0, 0.1) is 6.92 Å². The fraction of sp³-hybridized carbons (Fsp3) is 0.588. The molecule has 3 nitrogen and oxygen atoms in total. The zero-order chi connectivity index (χ0) is 15.1. The van der Waals surface area contributed by atoms with Gasteiger partial charge in [-0.05, 0) is 31.9 Å². The molecular weight excluding hydrogens is 282 g/mol. The standard InChI is InChI=1S/C17H25NO2S/c1-13-7-9-14(10-8-13)21-12-11-17(20)18-15-5-3-2-4-6-16(15)19/h7-10,15-16,19H,2-6,11-12H2,1H3,(H,18,20). The first-order valence-corrected chi connectivity index (χ1v) is 8.80. The van der Waals surface area contributed by atoms with Crippen LogP contribution < -0.4 is 5.32 Å². The summed E-state index contributed by atoms with van der Waals surface area (Å²) in [6.45, 7) is 2.07. The Kier molecular flexibility index (Phi) is 6.58. The molecule has 2 atom stereocenters. The lowest BCUT2D eigenvalue weighted by atomic mass is 10.1. The third kappa shape index (κ3) is 5.71. The zero-order valence-electron chi connectivity index (χ0n) is 12.7. The number of carbonyl (C=O) groups is 1. The van der Waals surface area contributed by atoms with Gasteiger partial charge in [-0.15, -0.1) is 11.8 Å². The van der Waals surface area contributed by atoms with E-state index in [9.17, 15) is 9.90 Å². The van der Waals surface area contributed by atoms with Gasteiger partial charge in [0, 0.05) is 17.1 Å². The Hall–Kier alpha value is -1.00. The minimum Gasteiger partial charge on any atom is -0.391 e. The van der Waals surface area contributed by atoms with E-state index >= 15 is 0 Å². The van der Waals surface area contributed by atoms with Gasteiger partial charge in [-0.1, -0.05) is 37.0 Å². The molecule has 1 aliphatic carbocycles. The van der Waals surface area contributed by atoms with Gasteiger partial charge in [-0.2, -0.15) is 0 Å². The normalized spacial score (nSPS) is 22.6. The molecule has 1 aromatic rings. The summed E-state index contributed by atoms with van der Waals surface area (Å²) in [7, 11) is 0. The van der Waals surface area contributed by atoms with Crippen LogP contribution in [0.25, 0.3) is 0 Å². The molecule has 116 valence electrons. The number of rotatable bonds is 5. The minimum absolute atomic E-state index is 0.0515. The molecule has 0 saturated heterocycles. The molecule has 4 heteroatoms. The molecule has 2 unspecified atom stereocenters. The van der Waals surface area contributed by atoms with Gasteiger partial charge in [-0.3, -0.25) is 4.79 Å². The van der Waals surface area contributed by atoms with E-state index in [0.29, 0.717) is 6.42 Å². The maximum Gasteiger partial charge on any atom is 0.221 e. The second-order valence-corrected chi connectivity index (χ2v) is 6.96. The van der Waals surface area contributed by atoms with E-state index in [-0.39, 0.29) is 18.1 Å². The molecule has 0 spiro atoms. The van der Waals surface area contributed by atoms with E-state index in [1.54, 1.807) is 11.8 Å². The number of hydrogen-bond acceptors (Lipinski definition) is 3. The third-order valence-corrected chi connectivity index (χ3v) is 4.96. The van der Waals surface area contributed by atoms with Crippen molar-refractivity contribution in [1.82, 2.24) is 5.32 Å². The van der Waals surface area contributed by atoms with Crippen molar-refractivity contribution >= 4 is 17.7 Å². The molecule has 1 aliphatic rings. The van der Waals surface area contributed by atoms with Crippen molar-refractivity contribution in [3.63, 3.8) is 0 Å². The lowest BCUT2D eigenvalue weighted by Gasteiger charge is -2.21. The van der Waals surface area contributed by atoms with E-state index in [2.05, 4.69) is 36.5 Å². The number of aliphatic hydroxyl groups excluding tert-OH is 1. The van der Waals surface area contributed by atoms with Crippen molar-refractivity contribution in [3.05, 3.63) is 29.8 Å². The highest BCUT2D eigenvalue weighted by molar-refractivity contribution is 7.99. The molecule has 0 aliphatic heterocycles. The predicted octanol–water partition coefficient (Wildman–Crippen LogP) is 3.29. The van der Waals surface area contributed by atoms with Gasteiger partial charge in [0.05, 0.1) is 12.1 Å². The van der Waals surface area contributed by atoms with Crippen LogP contribution in [0.15, 0.2) is 29.2 Å². The van der Waals surface area contributed by atoms with Crippen molar-refractivity contribution in [3.8, 4) is 0 Å². The monoisotopic (exact) mass is 307 g/mol. The van der Waals surface area contributed by atoms with Crippen molar-refractivity contribution in [1.29, 1.82) is 0 Å². The maximum absolute atomic E-state index is 12.0. The summed E-state index contributed by atoms with van der Waals surface area (Å²) in [5.41, 5.74) is 1.25. The Morgan fingerprint density at radius 2 is 1.95 bits per heavy atom. The van der Waals surface area contributed by atoms with E-state index in [4.69, 9.17) is 0 Å². The first-order chi connectivity index (χ1) is 10.1.